The lowest BCUT2D eigenvalue weighted by Crippen LogP contribution is -2.45. The third-order valence-electron chi connectivity index (χ3n) is 2.72. The van der Waals surface area contributed by atoms with Crippen LogP contribution in [0.4, 0.5) is 4.39 Å². The molecule has 0 bridgehead atoms. The van der Waals surface area contributed by atoms with E-state index >= 15 is 0 Å². The molecule has 1 atom stereocenters. The van der Waals surface area contributed by atoms with E-state index in [1.807, 2.05) is 18.3 Å². The normalized spacial score (nSPS) is 20.9. The van der Waals surface area contributed by atoms with Crippen molar-refractivity contribution >= 4 is 0 Å². The van der Waals surface area contributed by atoms with Crippen molar-refractivity contribution in [2.45, 2.75) is 6.04 Å². The van der Waals surface area contributed by atoms with Crippen LogP contribution in [-0.2, 0) is 0 Å². The van der Waals surface area contributed by atoms with Crippen LogP contribution < -0.4 is 5.32 Å². The van der Waals surface area contributed by atoms with Crippen LogP contribution >= 0.6 is 0 Å². The van der Waals surface area contributed by atoms with E-state index in [0.717, 1.165) is 31.9 Å². The van der Waals surface area contributed by atoms with Gasteiger partial charge in [0.1, 0.15) is 6.67 Å². The van der Waals surface area contributed by atoms with Crippen LogP contribution in [0.1, 0.15) is 11.7 Å². The second-order valence-electron chi connectivity index (χ2n) is 3.58. The second kappa shape index (κ2) is 4.57. The van der Waals surface area contributed by atoms with Gasteiger partial charge in [-0.3, -0.25) is 4.90 Å². The lowest BCUT2D eigenvalue weighted by atomic mass is 10.2. The number of piperazine rings is 1. The number of nitrogens with zero attached hydrogens (tertiary/aromatic N) is 1. The van der Waals surface area contributed by atoms with E-state index in [-0.39, 0.29) is 12.7 Å². The van der Waals surface area contributed by atoms with Gasteiger partial charge in [-0.25, -0.2) is 4.39 Å². The Morgan fingerprint density at radius 2 is 2.21 bits per heavy atom. The number of H-pyrrole nitrogens is 1. The number of nitrogens with one attached hydrogen (secondary N) is 2. The Bertz CT molecular complexity index is 254. The predicted molar refractivity (Wildman–Crippen MR) is 54.0 cm³/mol. The maximum Gasteiger partial charge on any atom is 0.111 e. The van der Waals surface area contributed by atoms with Crippen molar-refractivity contribution in [3.8, 4) is 0 Å². The van der Waals surface area contributed by atoms with Crippen molar-refractivity contribution in [1.29, 1.82) is 0 Å². The van der Waals surface area contributed by atoms with Gasteiger partial charge in [-0.05, 0) is 12.1 Å². The molecule has 0 spiro atoms. The highest BCUT2D eigenvalue weighted by atomic mass is 19.1. The zero-order valence-electron chi connectivity index (χ0n) is 8.17. The van der Waals surface area contributed by atoms with Gasteiger partial charge in [0.2, 0.25) is 0 Å². The summed E-state index contributed by atoms with van der Waals surface area (Å²) in [4.78, 5) is 5.27. The molecule has 4 heteroatoms. The monoisotopic (exact) mass is 197 g/mol. The van der Waals surface area contributed by atoms with E-state index in [1.165, 1.54) is 0 Å². The molecule has 2 rings (SSSR count). The number of hydrogen-bond acceptors (Lipinski definition) is 2. The van der Waals surface area contributed by atoms with Crippen molar-refractivity contribution in [1.82, 2.24) is 15.2 Å². The molecule has 14 heavy (non-hydrogen) atoms. The Kier molecular flexibility index (Phi) is 3.16. The molecule has 1 fully saturated rings. The van der Waals surface area contributed by atoms with Gasteiger partial charge in [0.25, 0.3) is 0 Å². The molecule has 0 amide bonds. The minimum Gasteiger partial charge on any atom is -0.364 e. The second-order valence-corrected chi connectivity index (χ2v) is 3.58. The summed E-state index contributed by atoms with van der Waals surface area (Å²) in [6.07, 6.45) is 1.85. The first kappa shape index (κ1) is 9.68. The lowest BCUT2D eigenvalue weighted by Gasteiger charge is -2.32. The molecule has 1 aliphatic rings. The van der Waals surface area contributed by atoms with E-state index < -0.39 is 0 Å². The predicted octanol–water partition coefficient (Wildman–Crippen LogP) is 0.930. The first-order valence-electron chi connectivity index (χ1n) is 5.06. The molecule has 0 unspecified atom stereocenters. The number of aromatic nitrogens is 1. The molecule has 3 nitrogen and oxygen atoms in total. The number of rotatable bonds is 3. The van der Waals surface area contributed by atoms with Crippen LogP contribution in [0.2, 0.25) is 0 Å². The molecule has 1 aromatic heterocycles. The van der Waals surface area contributed by atoms with Crippen LogP contribution in [0.15, 0.2) is 18.3 Å². The van der Waals surface area contributed by atoms with Crippen molar-refractivity contribution in [2.24, 2.45) is 0 Å². The summed E-state index contributed by atoms with van der Waals surface area (Å²) >= 11 is 0. The summed E-state index contributed by atoms with van der Waals surface area (Å²) in [7, 11) is 0. The van der Waals surface area contributed by atoms with E-state index in [0.29, 0.717) is 0 Å². The van der Waals surface area contributed by atoms with Crippen molar-refractivity contribution in [2.75, 3.05) is 32.9 Å². The smallest absolute Gasteiger partial charge is 0.111 e. The van der Waals surface area contributed by atoms with Gasteiger partial charge in [0.05, 0.1) is 6.04 Å². The van der Waals surface area contributed by atoms with Crippen LogP contribution in [0.3, 0.4) is 0 Å². The van der Waals surface area contributed by atoms with Crippen LogP contribution in [0.25, 0.3) is 0 Å². The fourth-order valence-corrected chi connectivity index (χ4v) is 1.92. The van der Waals surface area contributed by atoms with Gasteiger partial charge in [0.15, 0.2) is 0 Å². The molecule has 2 N–H and O–H groups in total. The van der Waals surface area contributed by atoms with E-state index in [1.54, 1.807) is 0 Å². The molecule has 2 heterocycles. The maximum atomic E-state index is 12.9. The summed E-state index contributed by atoms with van der Waals surface area (Å²) in [5.41, 5.74) is 0.981. The van der Waals surface area contributed by atoms with Gasteiger partial charge in [-0.1, -0.05) is 0 Å². The molecule has 0 radical (unpaired) electrons. The molecule has 0 aliphatic carbocycles. The number of alkyl halides is 1. The fourth-order valence-electron chi connectivity index (χ4n) is 1.92. The van der Waals surface area contributed by atoms with Crippen molar-refractivity contribution < 1.29 is 4.39 Å². The summed E-state index contributed by atoms with van der Waals surface area (Å²) in [5.74, 6) is 0. The Morgan fingerprint density at radius 1 is 1.43 bits per heavy atom. The average molecular weight is 197 g/mol. The molecule has 1 aliphatic heterocycles. The zero-order valence-corrected chi connectivity index (χ0v) is 8.17. The lowest BCUT2D eigenvalue weighted by molar-refractivity contribution is 0.145. The third-order valence-corrected chi connectivity index (χ3v) is 2.72. The maximum absolute atomic E-state index is 12.9. The molecule has 0 saturated carbocycles. The topological polar surface area (TPSA) is 31.1 Å². The Balaban J connectivity index is 2.04. The summed E-state index contributed by atoms with van der Waals surface area (Å²) in [5, 5.41) is 3.26. The first-order valence-corrected chi connectivity index (χ1v) is 5.06. The Labute approximate surface area is 83.3 Å². The average Bonchev–Trinajstić information content (AvgIpc) is 2.74. The minimum absolute atomic E-state index is 0.0906. The zero-order chi connectivity index (χ0) is 9.80. The highest BCUT2D eigenvalue weighted by Gasteiger charge is 2.22. The highest BCUT2D eigenvalue weighted by molar-refractivity contribution is 5.09. The van der Waals surface area contributed by atoms with Gasteiger partial charge < -0.3 is 10.3 Å². The number of aromatic amines is 1. The number of halogens is 1. The summed E-state index contributed by atoms with van der Waals surface area (Å²) in [6, 6.07) is 3.78. The fraction of sp³-hybridized carbons (Fsp3) is 0.600. The quantitative estimate of drug-likeness (QED) is 0.755. The SMILES string of the molecule is FC[C@H](c1ccc[nH]1)N1CCNCC1. The van der Waals surface area contributed by atoms with Gasteiger partial charge >= 0.3 is 0 Å². The van der Waals surface area contributed by atoms with E-state index in [9.17, 15) is 4.39 Å². The van der Waals surface area contributed by atoms with Crippen molar-refractivity contribution in [3.63, 3.8) is 0 Å². The van der Waals surface area contributed by atoms with Gasteiger partial charge in [-0.2, -0.15) is 0 Å². The molecule has 1 saturated heterocycles. The minimum atomic E-state index is -0.319. The first-order chi connectivity index (χ1) is 6.92. The molecular formula is C10H16FN3. The van der Waals surface area contributed by atoms with Crippen LogP contribution in [-0.4, -0.2) is 42.7 Å². The molecule has 1 aromatic rings. The number of hydrogen-bond donors (Lipinski definition) is 2. The Hall–Kier alpha value is -0.870. The molecule has 78 valence electrons. The third kappa shape index (κ3) is 1.96. The largest absolute Gasteiger partial charge is 0.364 e. The molecule has 0 aromatic carbocycles. The van der Waals surface area contributed by atoms with E-state index in [2.05, 4.69) is 15.2 Å². The van der Waals surface area contributed by atoms with Gasteiger partial charge in [0, 0.05) is 38.1 Å². The summed E-state index contributed by atoms with van der Waals surface area (Å²) < 4.78 is 12.9. The highest BCUT2D eigenvalue weighted by Crippen LogP contribution is 2.19. The van der Waals surface area contributed by atoms with E-state index in [4.69, 9.17) is 0 Å². The van der Waals surface area contributed by atoms with Crippen molar-refractivity contribution in [3.05, 3.63) is 24.0 Å². The standard InChI is InChI=1S/C10H16FN3/c11-8-10(9-2-1-3-13-9)14-6-4-12-5-7-14/h1-3,10,12-13H,4-8H2/t10-/m1/s1. The van der Waals surface area contributed by atoms with Crippen LogP contribution in [0.5, 0.6) is 0 Å². The molecular weight excluding hydrogens is 181 g/mol. The summed E-state index contributed by atoms with van der Waals surface area (Å²) in [6.45, 7) is 3.44. The van der Waals surface area contributed by atoms with Gasteiger partial charge in [-0.15, -0.1) is 0 Å². The Morgan fingerprint density at radius 3 is 2.79 bits per heavy atom. The van der Waals surface area contributed by atoms with Crippen LogP contribution in [0, 0.1) is 0 Å².